The van der Waals surface area contributed by atoms with Crippen molar-refractivity contribution in [2.24, 2.45) is 0 Å². The summed E-state index contributed by atoms with van der Waals surface area (Å²) in [5, 5.41) is 4.82. The number of benzene rings is 2. The normalized spacial score (nSPS) is 11.1. The maximum absolute atomic E-state index is 12.4. The Morgan fingerprint density at radius 3 is 2.86 bits per heavy atom. The van der Waals surface area contributed by atoms with Crippen molar-refractivity contribution >= 4 is 33.5 Å². The Balaban J connectivity index is 1.52. The number of aromatic amines is 1. The average molecular weight is 376 g/mol. The molecule has 2 aromatic heterocycles. The molecule has 0 radical (unpaired) electrons. The lowest BCUT2D eigenvalue weighted by molar-refractivity contribution is -0.116. The number of hydrogen-bond acceptors (Lipinski definition) is 4. The van der Waals surface area contributed by atoms with Crippen LogP contribution in [0.1, 0.15) is 17.5 Å². The second-order valence-corrected chi connectivity index (χ2v) is 6.74. The molecule has 28 heavy (non-hydrogen) atoms. The van der Waals surface area contributed by atoms with Crippen LogP contribution in [-0.4, -0.2) is 18.0 Å². The number of aryl methyl sites for hydroxylation is 2. The number of rotatable bonds is 5. The third-order valence-corrected chi connectivity index (χ3v) is 4.81. The molecule has 1 amide bonds. The summed E-state index contributed by atoms with van der Waals surface area (Å²) in [6, 6.07) is 12.8. The summed E-state index contributed by atoms with van der Waals surface area (Å²) in [5.41, 5.74) is 3.61. The first-order valence-electron chi connectivity index (χ1n) is 9.02. The fraction of sp³-hybridized carbons (Fsp3) is 0.182. The van der Waals surface area contributed by atoms with Gasteiger partial charge in [-0.2, -0.15) is 0 Å². The van der Waals surface area contributed by atoms with E-state index in [1.165, 1.54) is 6.07 Å². The molecule has 0 aliphatic heterocycles. The Bertz CT molecular complexity index is 1240. The first-order chi connectivity index (χ1) is 13.5. The van der Waals surface area contributed by atoms with Crippen LogP contribution >= 0.6 is 0 Å². The number of carbonyl (C=O) groups excluding carboxylic acids is 1. The monoisotopic (exact) mass is 376 g/mol. The topological polar surface area (TPSA) is 84.3 Å². The highest BCUT2D eigenvalue weighted by Gasteiger charge is 2.12. The summed E-state index contributed by atoms with van der Waals surface area (Å²) < 4.78 is 10.7. The molecule has 0 fully saturated rings. The Labute approximate surface area is 161 Å². The molecule has 4 rings (SSSR count). The van der Waals surface area contributed by atoms with Gasteiger partial charge >= 0.3 is 5.63 Å². The number of anilines is 1. The largest absolute Gasteiger partial charge is 0.496 e. The minimum atomic E-state index is -0.390. The van der Waals surface area contributed by atoms with Crippen LogP contribution in [0.5, 0.6) is 5.75 Å². The molecule has 2 N–H and O–H groups in total. The van der Waals surface area contributed by atoms with E-state index in [4.69, 9.17) is 9.15 Å². The Hall–Kier alpha value is -3.54. The highest BCUT2D eigenvalue weighted by Crippen LogP contribution is 2.28. The van der Waals surface area contributed by atoms with Gasteiger partial charge in [-0.1, -0.05) is 0 Å². The standard InChI is InChI=1S/C22H20N2O4/c1-13-9-22(26)28-20-12-19(27-2)15(11-17(13)20)3-6-21(25)24-16-4-5-18-14(10-16)7-8-23-18/h4-5,7-12,23H,3,6H2,1-2H3,(H,24,25). The zero-order valence-corrected chi connectivity index (χ0v) is 15.7. The van der Waals surface area contributed by atoms with E-state index in [2.05, 4.69) is 10.3 Å². The third-order valence-electron chi connectivity index (χ3n) is 4.81. The van der Waals surface area contributed by atoms with Gasteiger partial charge in [-0.3, -0.25) is 4.79 Å². The first-order valence-corrected chi connectivity index (χ1v) is 9.02. The number of aromatic nitrogens is 1. The molecular formula is C22H20N2O4. The number of methoxy groups -OCH3 is 1. The van der Waals surface area contributed by atoms with Gasteiger partial charge in [0.1, 0.15) is 11.3 Å². The van der Waals surface area contributed by atoms with Crippen LogP contribution in [0.3, 0.4) is 0 Å². The molecule has 0 aliphatic carbocycles. The van der Waals surface area contributed by atoms with E-state index < -0.39 is 5.63 Å². The van der Waals surface area contributed by atoms with Crippen LogP contribution in [0.25, 0.3) is 21.9 Å². The molecule has 6 nitrogen and oxygen atoms in total. The fourth-order valence-electron chi connectivity index (χ4n) is 3.38. The summed E-state index contributed by atoms with van der Waals surface area (Å²) in [6.07, 6.45) is 2.69. The fourth-order valence-corrected chi connectivity index (χ4v) is 3.38. The molecule has 0 saturated carbocycles. The van der Waals surface area contributed by atoms with Gasteiger partial charge in [0.2, 0.25) is 5.91 Å². The predicted molar refractivity (Wildman–Crippen MR) is 109 cm³/mol. The van der Waals surface area contributed by atoms with E-state index in [1.54, 1.807) is 13.2 Å². The SMILES string of the molecule is COc1cc2oc(=O)cc(C)c2cc1CCC(=O)Nc1ccc2[nH]ccc2c1. The number of amides is 1. The number of H-pyrrole nitrogens is 1. The lowest BCUT2D eigenvalue weighted by atomic mass is 10.0. The molecular weight excluding hydrogens is 356 g/mol. The smallest absolute Gasteiger partial charge is 0.336 e. The minimum Gasteiger partial charge on any atom is -0.496 e. The second-order valence-electron chi connectivity index (χ2n) is 6.74. The van der Waals surface area contributed by atoms with E-state index >= 15 is 0 Å². The van der Waals surface area contributed by atoms with Gasteiger partial charge < -0.3 is 19.5 Å². The van der Waals surface area contributed by atoms with Crippen molar-refractivity contribution < 1.29 is 13.9 Å². The molecule has 0 unspecified atom stereocenters. The van der Waals surface area contributed by atoms with Crippen LogP contribution in [-0.2, 0) is 11.2 Å². The zero-order valence-electron chi connectivity index (χ0n) is 15.7. The molecule has 0 atom stereocenters. The number of ether oxygens (including phenoxy) is 1. The highest BCUT2D eigenvalue weighted by atomic mass is 16.5. The van der Waals surface area contributed by atoms with Crippen molar-refractivity contribution in [3.63, 3.8) is 0 Å². The molecule has 4 aromatic rings. The summed E-state index contributed by atoms with van der Waals surface area (Å²) in [5.74, 6) is 0.524. The molecule has 2 aromatic carbocycles. The van der Waals surface area contributed by atoms with Crippen LogP contribution in [0.4, 0.5) is 5.69 Å². The Morgan fingerprint density at radius 1 is 1.18 bits per heavy atom. The molecule has 0 spiro atoms. The molecule has 0 saturated heterocycles. The lowest BCUT2D eigenvalue weighted by Gasteiger charge is -2.11. The quantitative estimate of drug-likeness (QED) is 0.512. The van der Waals surface area contributed by atoms with E-state index in [9.17, 15) is 9.59 Å². The maximum atomic E-state index is 12.4. The van der Waals surface area contributed by atoms with E-state index in [-0.39, 0.29) is 5.91 Å². The molecule has 6 heteroatoms. The van der Waals surface area contributed by atoms with Crippen LogP contribution in [0.15, 0.2) is 57.9 Å². The second kappa shape index (κ2) is 7.23. The van der Waals surface area contributed by atoms with Crippen molar-refractivity contribution in [1.82, 2.24) is 4.98 Å². The lowest BCUT2D eigenvalue weighted by Crippen LogP contribution is -2.12. The van der Waals surface area contributed by atoms with Crippen molar-refractivity contribution in [3.05, 3.63) is 70.2 Å². The molecule has 0 bridgehead atoms. The first kappa shape index (κ1) is 17.9. The van der Waals surface area contributed by atoms with Crippen LogP contribution < -0.4 is 15.7 Å². The van der Waals surface area contributed by atoms with Crippen molar-refractivity contribution in [2.75, 3.05) is 12.4 Å². The van der Waals surface area contributed by atoms with Gasteiger partial charge in [0.15, 0.2) is 0 Å². The van der Waals surface area contributed by atoms with Crippen molar-refractivity contribution in [2.45, 2.75) is 19.8 Å². The van der Waals surface area contributed by atoms with Gasteiger partial charge in [0.05, 0.1) is 7.11 Å². The number of fused-ring (bicyclic) bond motifs is 2. The minimum absolute atomic E-state index is 0.0756. The van der Waals surface area contributed by atoms with Crippen LogP contribution in [0, 0.1) is 6.92 Å². The van der Waals surface area contributed by atoms with Crippen molar-refractivity contribution in [1.29, 1.82) is 0 Å². The van der Waals surface area contributed by atoms with Gasteiger partial charge in [-0.25, -0.2) is 4.79 Å². The highest BCUT2D eigenvalue weighted by molar-refractivity contribution is 5.94. The molecule has 2 heterocycles. The predicted octanol–water partition coefficient (Wildman–Crippen LogP) is 4.16. The summed E-state index contributed by atoms with van der Waals surface area (Å²) >= 11 is 0. The number of carbonyl (C=O) groups is 1. The molecule has 0 aliphatic rings. The summed E-state index contributed by atoms with van der Waals surface area (Å²) in [7, 11) is 1.56. The summed E-state index contributed by atoms with van der Waals surface area (Å²) in [4.78, 5) is 27.1. The number of hydrogen-bond donors (Lipinski definition) is 2. The van der Waals surface area contributed by atoms with Gasteiger partial charge in [0.25, 0.3) is 0 Å². The number of nitrogens with one attached hydrogen (secondary N) is 2. The van der Waals surface area contributed by atoms with Gasteiger partial charge in [0, 0.05) is 46.7 Å². The van der Waals surface area contributed by atoms with E-state index in [0.29, 0.717) is 24.2 Å². The van der Waals surface area contributed by atoms with Gasteiger partial charge in [-0.05, 0) is 54.8 Å². The van der Waals surface area contributed by atoms with E-state index in [1.807, 2.05) is 43.5 Å². The summed E-state index contributed by atoms with van der Waals surface area (Å²) in [6.45, 7) is 1.86. The Morgan fingerprint density at radius 2 is 2.04 bits per heavy atom. The van der Waals surface area contributed by atoms with Gasteiger partial charge in [-0.15, -0.1) is 0 Å². The van der Waals surface area contributed by atoms with Crippen molar-refractivity contribution in [3.8, 4) is 5.75 Å². The van der Waals surface area contributed by atoms with Crippen LogP contribution in [0.2, 0.25) is 0 Å². The Kier molecular flexibility index (Phi) is 4.61. The maximum Gasteiger partial charge on any atom is 0.336 e. The zero-order chi connectivity index (χ0) is 19.7. The average Bonchev–Trinajstić information content (AvgIpc) is 3.13. The van der Waals surface area contributed by atoms with E-state index in [0.717, 1.165) is 33.1 Å². The third kappa shape index (κ3) is 3.49. The molecule has 142 valence electrons.